The molecule has 4 aliphatic carbocycles. The van der Waals surface area contributed by atoms with E-state index < -0.39 is 218 Å². The van der Waals surface area contributed by atoms with Gasteiger partial charge >= 0.3 is 10.4 Å². The lowest BCUT2D eigenvalue weighted by Crippen LogP contribution is -2.67. The predicted molar refractivity (Wildman–Crippen MR) is 291 cm³/mol. The Morgan fingerprint density at radius 2 is 1.16 bits per heavy atom. The Bertz CT molecular complexity index is 2560. The summed E-state index contributed by atoms with van der Waals surface area (Å²) in [4.78, 5) is 0. The summed E-state index contributed by atoms with van der Waals surface area (Å²) in [6.45, 7) is 12.4. The summed E-state index contributed by atoms with van der Waals surface area (Å²) in [5.74, 6) is -0.875. The number of aliphatic hydroxyl groups is 14. The molecule has 6 heterocycles. The van der Waals surface area contributed by atoms with Gasteiger partial charge in [-0.25, -0.2) is 4.18 Å². The molecular formula is C57H92O29S. The SMILES string of the molecule is CC(C)=C(C)C1OC1[C@](C)(O)[C@H]1CC[C@H]2[C@@H]3C[C@H](O[C@@H]4O[C@H](CO)[C@@H](O)[C@H](O[C@@H]5OC[C@@H](O[C@@H]6O[C@H](CO)[C@H](O)[C@H](O)[C@H]6O[C@@H]6O[C@H](C)[C@@H](O)[C@H](O)[C@H]6O)[C@H](O)[C@H]5O[C@@H]5O[C@H](C)[C@@H](O)[C@H](O)[C@H]5O)[C@H]4O)[C@H]4C[C@@H](OS(=O)(=O)O)CC[C@]4(C)C3=CC[C@@]21C. The van der Waals surface area contributed by atoms with Gasteiger partial charge in [0.1, 0.15) is 116 Å². The van der Waals surface area contributed by atoms with Gasteiger partial charge in [-0.3, -0.25) is 4.55 Å². The van der Waals surface area contributed by atoms with Crippen LogP contribution in [0.1, 0.15) is 100 Å². The molecule has 0 aromatic carbocycles. The lowest BCUT2D eigenvalue weighted by molar-refractivity contribution is -0.399. The number of hydrogen-bond acceptors (Lipinski definition) is 28. The number of allylic oxidation sites excluding steroid dienone is 3. The van der Waals surface area contributed by atoms with Crippen LogP contribution in [0.2, 0.25) is 0 Å². The van der Waals surface area contributed by atoms with Crippen LogP contribution in [-0.2, 0) is 66.7 Å². The Morgan fingerprint density at radius 3 is 1.75 bits per heavy atom. The predicted octanol–water partition coefficient (Wildman–Crippen LogP) is -3.59. The summed E-state index contributed by atoms with van der Waals surface area (Å²) < 4.78 is 107. The summed E-state index contributed by atoms with van der Waals surface area (Å²) in [5, 5.41) is 157. The summed E-state index contributed by atoms with van der Waals surface area (Å²) in [5.41, 5.74) is 1.05. The average molecular weight is 1270 g/mol. The lowest BCUT2D eigenvalue weighted by atomic mass is 9.47. The van der Waals surface area contributed by atoms with Gasteiger partial charge in [0.05, 0.1) is 49.8 Å². The van der Waals surface area contributed by atoms with Crippen LogP contribution in [0.3, 0.4) is 0 Å². The summed E-state index contributed by atoms with van der Waals surface area (Å²) >= 11 is 0. The van der Waals surface area contributed by atoms with Crippen LogP contribution in [0.5, 0.6) is 0 Å². The molecule has 15 N–H and O–H groups in total. The van der Waals surface area contributed by atoms with Crippen molar-refractivity contribution < 1.29 is 141 Å². The second-order valence-electron chi connectivity index (χ2n) is 26.9. The van der Waals surface area contributed by atoms with Crippen LogP contribution in [0.15, 0.2) is 22.8 Å². The molecule has 6 saturated heterocycles. The highest BCUT2D eigenvalue weighted by molar-refractivity contribution is 7.80. The van der Waals surface area contributed by atoms with Gasteiger partial charge in [0, 0.05) is 0 Å². The van der Waals surface area contributed by atoms with Crippen molar-refractivity contribution in [2.24, 2.45) is 34.5 Å². The molecule has 10 rings (SSSR count). The maximum absolute atomic E-state index is 12.5. The van der Waals surface area contributed by atoms with E-state index in [0.29, 0.717) is 25.7 Å². The van der Waals surface area contributed by atoms with E-state index in [0.717, 1.165) is 23.1 Å². The molecule has 0 radical (unpaired) electrons. The van der Waals surface area contributed by atoms with Crippen LogP contribution in [0.25, 0.3) is 0 Å². The molecule has 500 valence electrons. The normalized spacial score (nSPS) is 52.6. The van der Waals surface area contributed by atoms with Crippen molar-refractivity contribution in [1.29, 1.82) is 0 Å². The van der Waals surface area contributed by atoms with E-state index in [4.69, 9.17) is 56.3 Å². The second-order valence-corrected chi connectivity index (χ2v) is 27.9. The van der Waals surface area contributed by atoms with E-state index >= 15 is 0 Å². The van der Waals surface area contributed by atoms with Gasteiger partial charge in [-0.2, -0.15) is 8.42 Å². The van der Waals surface area contributed by atoms with Gasteiger partial charge in [-0.05, 0) is 127 Å². The largest absolute Gasteiger partial charge is 0.397 e. The Labute approximate surface area is 504 Å². The molecule has 2 unspecified atom stereocenters. The molecule has 35 atom stereocenters. The molecule has 6 aliphatic heterocycles. The highest BCUT2D eigenvalue weighted by atomic mass is 32.3. The maximum Gasteiger partial charge on any atom is 0.397 e. The summed E-state index contributed by atoms with van der Waals surface area (Å²) in [7, 11) is -4.91. The van der Waals surface area contributed by atoms with Crippen molar-refractivity contribution in [2.45, 2.75) is 278 Å². The van der Waals surface area contributed by atoms with E-state index in [1.807, 2.05) is 27.7 Å². The number of fused-ring (bicyclic) bond motifs is 5. The van der Waals surface area contributed by atoms with Crippen LogP contribution in [0.4, 0.5) is 0 Å². The molecule has 0 bridgehead atoms. The fourth-order valence-corrected chi connectivity index (χ4v) is 16.6. The molecule has 9 fully saturated rings. The second kappa shape index (κ2) is 25.9. The molecule has 3 saturated carbocycles. The van der Waals surface area contributed by atoms with Gasteiger partial charge in [0.25, 0.3) is 0 Å². The Kier molecular flexibility index (Phi) is 20.3. The molecule has 29 nitrogen and oxygen atoms in total. The maximum atomic E-state index is 12.5. The molecule has 0 aromatic rings. The number of ether oxygens (including phenoxy) is 11. The molecule has 30 heteroatoms. The van der Waals surface area contributed by atoms with Crippen molar-refractivity contribution in [3.8, 4) is 0 Å². The first kappa shape index (κ1) is 68.2. The van der Waals surface area contributed by atoms with Gasteiger partial charge < -0.3 is 124 Å². The Morgan fingerprint density at radius 1 is 0.609 bits per heavy atom. The summed E-state index contributed by atoms with van der Waals surface area (Å²) in [6.07, 6.45) is -39.5. The number of epoxide rings is 1. The first-order chi connectivity index (χ1) is 40.8. The number of rotatable bonds is 17. The third-order valence-corrected chi connectivity index (χ3v) is 21.9. The van der Waals surface area contributed by atoms with Crippen LogP contribution < -0.4 is 0 Å². The zero-order valence-corrected chi connectivity index (χ0v) is 50.8. The van der Waals surface area contributed by atoms with Crippen LogP contribution >= 0.6 is 0 Å². The first-order valence-corrected chi connectivity index (χ1v) is 31.7. The number of aliphatic hydroxyl groups excluding tert-OH is 13. The van der Waals surface area contributed by atoms with Crippen molar-refractivity contribution in [2.75, 3.05) is 19.8 Å². The molecule has 10 aliphatic rings. The minimum Gasteiger partial charge on any atom is -0.394 e. The molecule has 0 spiro atoms. The third kappa shape index (κ3) is 12.8. The minimum absolute atomic E-state index is 0.00724. The average Bonchev–Trinajstić information content (AvgIpc) is 1.71. The van der Waals surface area contributed by atoms with Gasteiger partial charge in [0.15, 0.2) is 31.5 Å². The smallest absolute Gasteiger partial charge is 0.394 e. The van der Waals surface area contributed by atoms with Crippen molar-refractivity contribution >= 4 is 10.4 Å². The van der Waals surface area contributed by atoms with E-state index in [1.165, 1.54) is 13.8 Å². The van der Waals surface area contributed by atoms with Crippen molar-refractivity contribution in [3.63, 3.8) is 0 Å². The van der Waals surface area contributed by atoms with Crippen molar-refractivity contribution in [1.82, 2.24) is 0 Å². The van der Waals surface area contributed by atoms with Gasteiger partial charge in [-0.15, -0.1) is 0 Å². The van der Waals surface area contributed by atoms with E-state index in [-0.39, 0.29) is 36.7 Å². The fraction of sp³-hybridized carbons (Fsp3) is 0.930. The quantitative estimate of drug-likeness (QED) is 0.0380. The Balaban J connectivity index is 0.924. The van der Waals surface area contributed by atoms with Crippen molar-refractivity contribution in [3.05, 3.63) is 22.8 Å². The van der Waals surface area contributed by atoms with Gasteiger partial charge in [-0.1, -0.05) is 31.1 Å². The van der Waals surface area contributed by atoms with E-state index in [1.54, 1.807) is 0 Å². The van der Waals surface area contributed by atoms with E-state index in [9.17, 15) is 84.5 Å². The molecular weight excluding hydrogens is 1180 g/mol. The first-order valence-electron chi connectivity index (χ1n) is 30.3. The number of hydrogen-bond donors (Lipinski definition) is 15. The highest BCUT2D eigenvalue weighted by Crippen LogP contribution is 2.68. The molecule has 0 aromatic heterocycles. The molecule has 0 amide bonds. The highest BCUT2D eigenvalue weighted by Gasteiger charge is 2.67. The molecule has 87 heavy (non-hydrogen) atoms. The van der Waals surface area contributed by atoms with E-state index in [2.05, 4.69) is 19.9 Å². The topological polar surface area (TPSA) is 452 Å². The zero-order valence-electron chi connectivity index (χ0n) is 50.0. The van der Waals surface area contributed by atoms with Crippen LogP contribution in [-0.4, -0.2) is 282 Å². The zero-order chi connectivity index (χ0) is 63.5. The van der Waals surface area contributed by atoms with Gasteiger partial charge in [0.2, 0.25) is 0 Å². The standard InChI is InChI=1S/C57H92O29S/c1-20(2)21(3)45-49(82-45)57(8,71)33-10-9-26-25-16-29(28-15-24(86-87(72,73)74)11-13-55(28,6)27(25)12-14-56(26,33)7)78-52-44(70)46(37(63)31(18-59)79-52)83-53-47(84-50-42(68)39(65)34(60)22(4)76-50)38(64)32(19-75-53)81-54-48(41(67)36(62)30(17-58)80-54)85-51-43(69)40(66)35(61)23(5)77-51/h12,22-26,28-54,58-71H,9-11,13-19H2,1-8H3,(H,72,73,74)/t22-,23-,24+,25+,26+,28-,29+,30-,31-,32-,33+,34-,35-,36+,37-,38+,39+,40+,41+,42-,43-,44-,45?,46+,47-,48-,49?,50+,51+,52-,53+,54+,55-,56+,57-/m1/s1. The Hall–Kier alpha value is -1.65. The third-order valence-electron chi connectivity index (χ3n) is 21.4. The van der Waals surface area contributed by atoms with Crippen LogP contribution in [0, 0.1) is 34.5 Å². The fourth-order valence-electron chi connectivity index (χ4n) is 16.1. The lowest BCUT2D eigenvalue weighted by Gasteiger charge is -2.60. The summed E-state index contributed by atoms with van der Waals surface area (Å²) in [6, 6.07) is 0. The monoisotopic (exact) mass is 1270 g/mol. The minimum atomic E-state index is -4.91.